The lowest BCUT2D eigenvalue weighted by molar-refractivity contribution is -0.120. The molecule has 0 fully saturated rings. The van der Waals surface area contributed by atoms with Crippen LogP contribution in [0.15, 0.2) is 70.2 Å². The number of esters is 1. The molecule has 3 rings (SSSR count). The fourth-order valence-electron chi connectivity index (χ4n) is 2.57. The highest BCUT2D eigenvalue weighted by Crippen LogP contribution is 2.24. The number of rotatable bonds is 7. The number of nitrogens with zero attached hydrogens (tertiary/aromatic N) is 1. The third-order valence-electron chi connectivity index (χ3n) is 4.24. The molecule has 0 saturated carbocycles. The highest BCUT2D eigenvalue weighted by Gasteiger charge is 2.12. The Balaban J connectivity index is 1.59. The monoisotopic (exact) mass is 581 g/mol. The maximum absolute atomic E-state index is 12.4. The lowest BCUT2D eigenvalue weighted by atomic mass is 10.2. The third-order valence-corrected chi connectivity index (χ3v) is 5.72. The number of carbonyl (C=O) groups is 3. The van der Waals surface area contributed by atoms with E-state index >= 15 is 0 Å². The summed E-state index contributed by atoms with van der Waals surface area (Å²) in [5, 5.41) is 7.36. The molecule has 0 aliphatic rings. The number of carbonyl (C=O) groups excluding carboxylic acids is 3. The van der Waals surface area contributed by atoms with Crippen LogP contribution >= 0.6 is 50.7 Å². The van der Waals surface area contributed by atoms with Crippen LogP contribution in [-0.2, 0) is 4.79 Å². The van der Waals surface area contributed by atoms with Crippen LogP contribution in [0.2, 0.25) is 15.1 Å². The molecule has 0 aromatic heterocycles. The molecule has 0 aliphatic carbocycles. The van der Waals surface area contributed by atoms with Gasteiger partial charge in [0.15, 0.2) is 0 Å². The zero-order valence-electron chi connectivity index (χ0n) is 17.2. The Kier molecular flexibility index (Phi) is 9.06. The number of halogens is 4. The van der Waals surface area contributed by atoms with Crippen molar-refractivity contribution in [3.63, 3.8) is 0 Å². The Morgan fingerprint density at radius 2 is 1.62 bits per heavy atom. The van der Waals surface area contributed by atoms with E-state index in [0.717, 1.165) is 0 Å². The summed E-state index contributed by atoms with van der Waals surface area (Å²) < 4.78 is 6.15. The summed E-state index contributed by atoms with van der Waals surface area (Å²) >= 11 is 20.9. The number of hydrogen-bond acceptors (Lipinski definition) is 5. The van der Waals surface area contributed by atoms with Gasteiger partial charge in [-0.25, -0.2) is 10.2 Å². The van der Waals surface area contributed by atoms with E-state index in [4.69, 9.17) is 39.5 Å². The van der Waals surface area contributed by atoms with E-state index in [-0.39, 0.29) is 22.9 Å². The Morgan fingerprint density at radius 1 is 0.912 bits per heavy atom. The summed E-state index contributed by atoms with van der Waals surface area (Å²) in [6.07, 6.45) is 1.31. The first-order chi connectivity index (χ1) is 16.2. The molecule has 34 heavy (non-hydrogen) atoms. The second kappa shape index (κ2) is 12.0. The Labute approximate surface area is 218 Å². The molecule has 7 nitrogen and oxygen atoms in total. The van der Waals surface area contributed by atoms with Crippen LogP contribution in [0.4, 0.5) is 0 Å². The Hall–Kier alpha value is -2.91. The topological polar surface area (TPSA) is 96.9 Å². The molecule has 0 unspecified atom stereocenters. The maximum atomic E-state index is 12.4. The van der Waals surface area contributed by atoms with E-state index in [1.165, 1.54) is 24.4 Å². The van der Waals surface area contributed by atoms with Gasteiger partial charge in [-0.3, -0.25) is 9.59 Å². The largest absolute Gasteiger partial charge is 0.422 e. The maximum Gasteiger partial charge on any atom is 0.343 e. The summed E-state index contributed by atoms with van der Waals surface area (Å²) in [6.45, 7) is -0.326. The predicted molar refractivity (Wildman–Crippen MR) is 135 cm³/mol. The molecule has 2 amide bonds. The Bertz CT molecular complexity index is 1270. The normalized spacial score (nSPS) is 10.7. The predicted octanol–water partition coefficient (Wildman–Crippen LogP) is 5.51. The number of amides is 2. The van der Waals surface area contributed by atoms with Gasteiger partial charge in [0.05, 0.1) is 28.4 Å². The van der Waals surface area contributed by atoms with E-state index in [1.807, 2.05) is 0 Å². The average Bonchev–Trinajstić information content (AvgIpc) is 2.81. The van der Waals surface area contributed by atoms with Crippen LogP contribution in [0, 0.1) is 0 Å². The number of ether oxygens (including phenoxy) is 1. The fraction of sp³-hybridized carbons (Fsp3) is 0.0435. The van der Waals surface area contributed by atoms with Gasteiger partial charge in [-0.2, -0.15) is 5.10 Å². The molecule has 174 valence electrons. The molecule has 2 N–H and O–H groups in total. The summed E-state index contributed by atoms with van der Waals surface area (Å²) in [6, 6.07) is 15.6. The van der Waals surface area contributed by atoms with Crippen molar-refractivity contribution in [3.8, 4) is 5.75 Å². The van der Waals surface area contributed by atoms with Crippen molar-refractivity contribution in [1.82, 2.24) is 10.7 Å². The van der Waals surface area contributed by atoms with Crippen molar-refractivity contribution < 1.29 is 19.1 Å². The Morgan fingerprint density at radius 3 is 2.32 bits per heavy atom. The van der Waals surface area contributed by atoms with Crippen molar-refractivity contribution in [2.24, 2.45) is 5.10 Å². The van der Waals surface area contributed by atoms with Crippen molar-refractivity contribution >= 4 is 74.7 Å². The summed E-state index contributed by atoms with van der Waals surface area (Å²) in [4.78, 5) is 36.6. The van der Waals surface area contributed by atoms with Crippen molar-refractivity contribution in [2.75, 3.05) is 6.54 Å². The van der Waals surface area contributed by atoms with Crippen LogP contribution in [0.1, 0.15) is 26.3 Å². The van der Waals surface area contributed by atoms with E-state index in [0.29, 0.717) is 25.6 Å². The first kappa shape index (κ1) is 25.7. The van der Waals surface area contributed by atoms with Gasteiger partial charge in [-0.05, 0) is 60.7 Å². The minimum absolute atomic E-state index is 0.227. The molecule has 0 aliphatic heterocycles. The quantitative estimate of drug-likeness (QED) is 0.166. The van der Waals surface area contributed by atoms with Gasteiger partial charge < -0.3 is 10.1 Å². The highest BCUT2D eigenvalue weighted by atomic mass is 79.9. The first-order valence-electron chi connectivity index (χ1n) is 9.55. The minimum Gasteiger partial charge on any atom is -0.422 e. The van der Waals surface area contributed by atoms with Crippen LogP contribution in [0.3, 0.4) is 0 Å². The summed E-state index contributed by atoms with van der Waals surface area (Å²) in [7, 11) is 0. The van der Waals surface area contributed by atoms with E-state index < -0.39 is 17.8 Å². The van der Waals surface area contributed by atoms with Gasteiger partial charge in [0, 0.05) is 20.6 Å². The second-order valence-corrected chi connectivity index (χ2v) is 8.85. The van der Waals surface area contributed by atoms with Crippen molar-refractivity contribution in [2.45, 2.75) is 0 Å². The van der Waals surface area contributed by atoms with Crippen molar-refractivity contribution in [3.05, 3.63) is 96.9 Å². The molecular weight excluding hydrogens is 569 g/mol. The van der Waals surface area contributed by atoms with Gasteiger partial charge in [0.25, 0.3) is 11.8 Å². The van der Waals surface area contributed by atoms with Gasteiger partial charge in [0.1, 0.15) is 5.75 Å². The molecule has 0 radical (unpaired) electrons. The molecular formula is C23H15BrCl3N3O4. The molecule has 3 aromatic carbocycles. The van der Waals surface area contributed by atoms with Gasteiger partial charge >= 0.3 is 5.97 Å². The first-order valence-corrected chi connectivity index (χ1v) is 11.5. The average molecular weight is 584 g/mol. The molecule has 3 aromatic rings. The van der Waals surface area contributed by atoms with Crippen LogP contribution in [-0.4, -0.2) is 30.5 Å². The van der Waals surface area contributed by atoms with Crippen molar-refractivity contribution in [1.29, 1.82) is 0 Å². The smallest absolute Gasteiger partial charge is 0.343 e. The van der Waals surface area contributed by atoms with E-state index in [9.17, 15) is 14.4 Å². The summed E-state index contributed by atoms with van der Waals surface area (Å²) in [5.41, 5.74) is 3.30. The number of hydrogen-bond donors (Lipinski definition) is 2. The van der Waals surface area contributed by atoms with Crippen LogP contribution in [0.5, 0.6) is 5.75 Å². The highest BCUT2D eigenvalue weighted by molar-refractivity contribution is 9.10. The molecule has 0 atom stereocenters. The van der Waals surface area contributed by atoms with Crippen LogP contribution in [0.25, 0.3) is 0 Å². The van der Waals surface area contributed by atoms with Gasteiger partial charge in [-0.15, -0.1) is 0 Å². The molecule has 0 heterocycles. The number of hydrazone groups is 1. The van der Waals surface area contributed by atoms with E-state index in [2.05, 4.69) is 31.8 Å². The molecule has 0 saturated heterocycles. The minimum atomic E-state index is -0.581. The lowest BCUT2D eigenvalue weighted by Gasteiger charge is -2.08. The lowest BCUT2D eigenvalue weighted by Crippen LogP contribution is -2.34. The van der Waals surface area contributed by atoms with E-state index in [1.54, 1.807) is 42.5 Å². The third kappa shape index (κ3) is 7.30. The molecule has 0 bridgehead atoms. The van der Waals surface area contributed by atoms with Gasteiger partial charge in [-0.1, -0.05) is 50.7 Å². The molecule has 0 spiro atoms. The second-order valence-electron chi connectivity index (χ2n) is 6.68. The molecule has 11 heteroatoms. The summed E-state index contributed by atoms with van der Waals surface area (Å²) in [5.74, 6) is -1.42. The zero-order valence-corrected chi connectivity index (χ0v) is 21.0. The van der Waals surface area contributed by atoms with Gasteiger partial charge in [0.2, 0.25) is 0 Å². The zero-order chi connectivity index (χ0) is 24.7. The van der Waals surface area contributed by atoms with Crippen LogP contribution < -0.4 is 15.5 Å². The fourth-order valence-corrected chi connectivity index (χ4v) is 3.37. The standard InChI is InChI=1S/C23H15BrCl3N3O4/c24-16-4-8-20(34-23(33)13-1-5-17(25)6-2-13)15(9-16)11-29-30-21(31)12-28-22(32)14-3-7-18(26)19(27)10-14/h1-11H,12H2,(H,28,32)(H,30,31). The number of nitrogens with one attached hydrogen (secondary N) is 2. The SMILES string of the molecule is O=C(CNC(=O)c1ccc(Cl)c(Cl)c1)NN=Cc1cc(Br)ccc1OC(=O)c1ccc(Cl)cc1. The number of benzene rings is 3.